The van der Waals surface area contributed by atoms with Gasteiger partial charge in [0.2, 0.25) is 11.8 Å². The van der Waals surface area contributed by atoms with Crippen molar-refractivity contribution in [3.8, 4) is 0 Å². The summed E-state index contributed by atoms with van der Waals surface area (Å²) in [5, 5.41) is 2.86. The zero-order valence-electron chi connectivity index (χ0n) is 15.4. The van der Waals surface area contributed by atoms with E-state index in [4.69, 9.17) is 4.42 Å². The van der Waals surface area contributed by atoms with Crippen molar-refractivity contribution < 1.29 is 14.0 Å². The summed E-state index contributed by atoms with van der Waals surface area (Å²) in [6.07, 6.45) is 2.86. The maximum Gasteiger partial charge on any atom is 0.238 e. The fourth-order valence-electron chi connectivity index (χ4n) is 3.67. The van der Waals surface area contributed by atoms with Gasteiger partial charge in [-0.2, -0.15) is 0 Å². The Hall–Kier alpha value is -2.60. The minimum absolute atomic E-state index is 0.0150. The summed E-state index contributed by atoms with van der Waals surface area (Å²) in [6.45, 7) is 4.26. The van der Waals surface area contributed by atoms with Crippen LogP contribution in [0.2, 0.25) is 0 Å². The quantitative estimate of drug-likeness (QED) is 0.794. The number of furan rings is 1. The predicted octanol–water partition coefficient (Wildman–Crippen LogP) is 2.02. The van der Waals surface area contributed by atoms with Crippen LogP contribution in [0.5, 0.6) is 0 Å². The van der Waals surface area contributed by atoms with Crippen LogP contribution >= 0.6 is 0 Å². The molecule has 6 nitrogen and oxygen atoms in total. The number of rotatable bonds is 6. The molecule has 1 saturated carbocycles. The summed E-state index contributed by atoms with van der Waals surface area (Å²) in [5.74, 6) is 0.510. The van der Waals surface area contributed by atoms with Gasteiger partial charge in [-0.15, -0.1) is 0 Å². The van der Waals surface area contributed by atoms with Gasteiger partial charge in [-0.05, 0) is 30.5 Å². The van der Waals surface area contributed by atoms with Gasteiger partial charge in [0.1, 0.15) is 11.2 Å². The van der Waals surface area contributed by atoms with Crippen LogP contribution in [-0.2, 0) is 22.7 Å². The summed E-state index contributed by atoms with van der Waals surface area (Å²) in [4.78, 5) is 29.8. The van der Waals surface area contributed by atoms with Gasteiger partial charge in [-0.1, -0.05) is 30.3 Å². The van der Waals surface area contributed by atoms with E-state index in [9.17, 15) is 9.59 Å². The van der Waals surface area contributed by atoms with Crippen molar-refractivity contribution in [3.05, 3.63) is 60.1 Å². The molecule has 0 unspecified atom stereocenters. The first-order chi connectivity index (χ1) is 13.2. The van der Waals surface area contributed by atoms with E-state index in [1.165, 1.54) is 5.56 Å². The van der Waals surface area contributed by atoms with Gasteiger partial charge in [-0.25, -0.2) is 0 Å². The van der Waals surface area contributed by atoms with E-state index in [0.717, 1.165) is 19.6 Å². The molecule has 0 atom stereocenters. The number of carbonyl (C=O) groups is 2. The van der Waals surface area contributed by atoms with E-state index < -0.39 is 5.41 Å². The summed E-state index contributed by atoms with van der Waals surface area (Å²) in [7, 11) is 0. The molecule has 2 aromatic rings. The molecule has 4 rings (SSSR count). The van der Waals surface area contributed by atoms with Crippen molar-refractivity contribution >= 4 is 11.8 Å². The molecule has 0 bridgehead atoms. The molecule has 2 heterocycles. The highest BCUT2D eigenvalue weighted by Crippen LogP contribution is 2.47. The van der Waals surface area contributed by atoms with Gasteiger partial charge in [0.05, 0.1) is 12.8 Å². The topological polar surface area (TPSA) is 65.8 Å². The van der Waals surface area contributed by atoms with Crippen molar-refractivity contribution in [2.45, 2.75) is 25.9 Å². The Kier molecular flexibility index (Phi) is 4.99. The van der Waals surface area contributed by atoms with Crippen LogP contribution in [-0.4, -0.2) is 47.8 Å². The third kappa shape index (κ3) is 3.90. The van der Waals surface area contributed by atoms with Gasteiger partial charge in [0, 0.05) is 32.7 Å². The molecule has 0 spiro atoms. The molecule has 1 aromatic carbocycles. The number of amides is 2. The number of piperazine rings is 1. The van der Waals surface area contributed by atoms with E-state index in [-0.39, 0.29) is 11.8 Å². The molecule has 2 fully saturated rings. The molecule has 1 aliphatic heterocycles. The first-order valence-corrected chi connectivity index (χ1v) is 9.54. The summed E-state index contributed by atoms with van der Waals surface area (Å²) >= 11 is 0. The molecule has 0 radical (unpaired) electrons. The van der Waals surface area contributed by atoms with Gasteiger partial charge < -0.3 is 14.6 Å². The van der Waals surface area contributed by atoms with Crippen LogP contribution < -0.4 is 5.32 Å². The molecule has 6 heteroatoms. The van der Waals surface area contributed by atoms with Crippen LogP contribution in [0.4, 0.5) is 0 Å². The Morgan fingerprint density at radius 3 is 2.37 bits per heavy atom. The second-order valence-corrected chi connectivity index (χ2v) is 7.40. The predicted molar refractivity (Wildman–Crippen MR) is 101 cm³/mol. The largest absolute Gasteiger partial charge is 0.467 e. The Labute approximate surface area is 159 Å². The third-order valence-electron chi connectivity index (χ3n) is 5.51. The van der Waals surface area contributed by atoms with Crippen molar-refractivity contribution in [1.29, 1.82) is 0 Å². The van der Waals surface area contributed by atoms with Gasteiger partial charge in [0.15, 0.2) is 0 Å². The first-order valence-electron chi connectivity index (χ1n) is 9.54. The van der Waals surface area contributed by atoms with Crippen LogP contribution in [0.3, 0.4) is 0 Å². The van der Waals surface area contributed by atoms with Crippen molar-refractivity contribution in [3.63, 3.8) is 0 Å². The van der Waals surface area contributed by atoms with E-state index in [0.29, 0.717) is 38.2 Å². The monoisotopic (exact) mass is 367 g/mol. The van der Waals surface area contributed by atoms with E-state index in [1.807, 2.05) is 29.2 Å². The smallest absolute Gasteiger partial charge is 0.238 e. The average molecular weight is 367 g/mol. The molecule has 1 saturated heterocycles. The summed E-state index contributed by atoms with van der Waals surface area (Å²) in [5.41, 5.74) is 0.432. The fraction of sp³-hybridized carbons (Fsp3) is 0.429. The molecular formula is C21H25N3O3. The fourth-order valence-corrected chi connectivity index (χ4v) is 3.67. The van der Waals surface area contributed by atoms with Crippen LogP contribution in [0.1, 0.15) is 24.2 Å². The molecule has 27 heavy (non-hydrogen) atoms. The lowest BCUT2D eigenvalue weighted by molar-refractivity contribution is -0.145. The molecular weight excluding hydrogens is 342 g/mol. The van der Waals surface area contributed by atoms with Crippen molar-refractivity contribution in [2.24, 2.45) is 5.41 Å². The molecule has 142 valence electrons. The van der Waals surface area contributed by atoms with Gasteiger partial charge in [0.25, 0.3) is 0 Å². The molecule has 1 aromatic heterocycles. The minimum atomic E-state index is -0.853. The number of benzene rings is 1. The zero-order chi connectivity index (χ0) is 18.7. The first kappa shape index (κ1) is 17.8. The normalized spacial score (nSPS) is 18.9. The number of carbonyl (C=O) groups excluding carboxylic acids is 2. The van der Waals surface area contributed by atoms with Gasteiger partial charge >= 0.3 is 0 Å². The third-order valence-corrected chi connectivity index (χ3v) is 5.51. The second kappa shape index (κ2) is 7.56. The van der Waals surface area contributed by atoms with Crippen LogP contribution in [0.15, 0.2) is 53.1 Å². The summed E-state index contributed by atoms with van der Waals surface area (Å²) < 4.78 is 5.24. The van der Waals surface area contributed by atoms with E-state index in [2.05, 4.69) is 22.3 Å². The molecule has 1 N–H and O–H groups in total. The Bertz CT molecular complexity index is 776. The maximum absolute atomic E-state index is 13.0. The Morgan fingerprint density at radius 2 is 1.74 bits per heavy atom. The second-order valence-electron chi connectivity index (χ2n) is 7.40. The lowest BCUT2D eigenvalue weighted by Crippen LogP contribution is -2.52. The molecule has 2 aliphatic rings. The molecule has 2 amide bonds. The van der Waals surface area contributed by atoms with Crippen molar-refractivity contribution in [1.82, 2.24) is 15.1 Å². The SMILES string of the molecule is O=C(NCc1ccco1)C1(C(=O)N2CCN(Cc3ccccc3)CC2)CC1. The molecule has 1 aliphatic carbocycles. The van der Waals surface area contributed by atoms with Crippen LogP contribution in [0.25, 0.3) is 0 Å². The minimum Gasteiger partial charge on any atom is -0.467 e. The Balaban J connectivity index is 1.29. The van der Waals surface area contributed by atoms with E-state index >= 15 is 0 Å². The summed E-state index contributed by atoms with van der Waals surface area (Å²) in [6, 6.07) is 14.0. The lowest BCUT2D eigenvalue weighted by atomic mass is 10.0. The highest BCUT2D eigenvalue weighted by atomic mass is 16.3. The van der Waals surface area contributed by atoms with Gasteiger partial charge in [-0.3, -0.25) is 14.5 Å². The number of hydrogen-bond acceptors (Lipinski definition) is 4. The maximum atomic E-state index is 13.0. The van der Waals surface area contributed by atoms with Crippen molar-refractivity contribution in [2.75, 3.05) is 26.2 Å². The number of nitrogens with one attached hydrogen (secondary N) is 1. The number of nitrogens with zero attached hydrogens (tertiary/aromatic N) is 2. The van der Waals surface area contributed by atoms with Crippen LogP contribution in [0, 0.1) is 5.41 Å². The van der Waals surface area contributed by atoms with E-state index in [1.54, 1.807) is 12.3 Å². The standard InChI is InChI=1S/C21H25N3O3/c25-19(22-15-18-7-4-14-27-18)21(8-9-21)20(26)24-12-10-23(11-13-24)16-17-5-2-1-3-6-17/h1-7,14H,8-13,15-16H2,(H,22,25). The highest BCUT2D eigenvalue weighted by Gasteiger charge is 2.58. The zero-order valence-corrected chi connectivity index (χ0v) is 15.4. The Morgan fingerprint density at radius 1 is 1.00 bits per heavy atom. The highest BCUT2D eigenvalue weighted by molar-refractivity contribution is 6.07. The number of hydrogen-bond donors (Lipinski definition) is 1. The average Bonchev–Trinajstić information content (AvgIpc) is 3.35. The lowest BCUT2D eigenvalue weighted by Gasteiger charge is -2.36.